The molecule has 0 unspecified atom stereocenters. The first-order valence-electron chi connectivity index (χ1n) is 6.47. The highest BCUT2D eigenvalue weighted by atomic mass is 35.5. The minimum Gasteiger partial charge on any atom is -0.381 e. The van der Waals surface area contributed by atoms with Crippen molar-refractivity contribution < 1.29 is 9.18 Å². The highest BCUT2D eigenvalue weighted by Crippen LogP contribution is 2.30. The molecule has 1 aromatic carbocycles. The van der Waals surface area contributed by atoms with Crippen LogP contribution in [-0.2, 0) is 0 Å². The van der Waals surface area contributed by atoms with Gasteiger partial charge in [0, 0.05) is 6.04 Å². The van der Waals surface area contributed by atoms with Crippen LogP contribution in [0.2, 0.25) is 5.15 Å². The Balaban J connectivity index is 1.81. The van der Waals surface area contributed by atoms with E-state index in [2.05, 4.69) is 20.8 Å². The van der Waals surface area contributed by atoms with E-state index < -0.39 is 0 Å². The number of aromatic nitrogens is 2. The van der Waals surface area contributed by atoms with Gasteiger partial charge >= 0.3 is 0 Å². The van der Waals surface area contributed by atoms with Gasteiger partial charge in [-0.25, -0.2) is 4.39 Å². The van der Waals surface area contributed by atoms with Crippen LogP contribution in [0.15, 0.2) is 30.5 Å². The number of rotatable bonds is 4. The Morgan fingerprint density at radius 3 is 2.81 bits per heavy atom. The molecule has 0 spiro atoms. The molecule has 1 amide bonds. The predicted molar refractivity (Wildman–Crippen MR) is 78.0 cm³/mol. The lowest BCUT2D eigenvalue weighted by molar-refractivity contribution is 0.102. The molecule has 1 aliphatic carbocycles. The van der Waals surface area contributed by atoms with Crippen molar-refractivity contribution in [3.8, 4) is 0 Å². The van der Waals surface area contributed by atoms with Gasteiger partial charge < -0.3 is 10.6 Å². The van der Waals surface area contributed by atoms with Crippen molar-refractivity contribution >= 4 is 28.9 Å². The zero-order valence-corrected chi connectivity index (χ0v) is 11.7. The summed E-state index contributed by atoms with van der Waals surface area (Å²) in [6, 6.07) is 5.95. The Kier molecular flexibility index (Phi) is 3.70. The van der Waals surface area contributed by atoms with Crippen molar-refractivity contribution in [2.75, 3.05) is 10.6 Å². The molecule has 1 aliphatic rings. The Morgan fingerprint density at radius 2 is 2.10 bits per heavy atom. The SMILES string of the molecule is O=C(Nc1ccc(F)cc1NC1CC1)c1cnnc(Cl)c1. The van der Waals surface area contributed by atoms with Gasteiger partial charge in [-0.15, -0.1) is 5.10 Å². The molecule has 0 radical (unpaired) electrons. The highest BCUT2D eigenvalue weighted by molar-refractivity contribution is 6.29. The average molecular weight is 307 g/mol. The molecule has 1 fully saturated rings. The third-order valence-electron chi connectivity index (χ3n) is 3.05. The molecule has 1 heterocycles. The van der Waals surface area contributed by atoms with Gasteiger partial charge in [0.2, 0.25) is 0 Å². The number of hydrogen-bond donors (Lipinski definition) is 2. The molecule has 5 nitrogen and oxygen atoms in total. The molecule has 2 N–H and O–H groups in total. The van der Waals surface area contributed by atoms with Gasteiger partial charge in [0.1, 0.15) is 5.82 Å². The predicted octanol–water partition coefficient (Wildman–Crippen LogP) is 3.10. The zero-order chi connectivity index (χ0) is 14.8. The maximum absolute atomic E-state index is 13.3. The fraction of sp³-hybridized carbons (Fsp3) is 0.214. The quantitative estimate of drug-likeness (QED) is 0.911. The van der Waals surface area contributed by atoms with E-state index in [4.69, 9.17) is 11.6 Å². The van der Waals surface area contributed by atoms with Crippen LogP contribution in [0.4, 0.5) is 15.8 Å². The molecule has 21 heavy (non-hydrogen) atoms. The largest absolute Gasteiger partial charge is 0.381 e. The molecular weight excluding hydrogens is 295 g/mol. The number of carbonyl (C=O) groups is 1. The van der Waals surface area contributed by atoms with Crippen molar-refractivity contribution in [3.63, 3.8) is 0 Å². The first kappa shape index (κ1) is 13.8. The minimum atomic E-state index is -0.378. The van der Waals surface area contributed by atoms with Crippen molar-refractivity contribution in [1.29, 1.82) is 0 Å². The van der Waals surface area contributed by atoms with Gasteiger partial charge in [-0.1, -0.05) is 11.6 Å². The van der Waals surface area contributed by atoms with Gasteiger partial charge in [-0.05, 0) is 37.1 Å². The van der Waals surface area contributed by atoms with Gasteiger partial charge in [0.15, 0.2) is 5.15 Å². The number of carbonyl (C=O) groups excluding carboxylic acids is 1. The molecule has 1 aromatic heterocycles. The first-order chi connectivity index (χ1) is 10.1. The summed E-state index contributed by atoms with van der Waals surface area (Å²) in [5, 5.41) is 13.2. The van der Waals surface area contributed by atoms with E-state index in [0.29, 0.717) is 17.4 Å². The van der Waals surface area contributed by atoms with Crippen LogP contribution in [0.25, 0.3) is 0 Å². The Bertz CT molecular complexity index is 690. The molecule has 2 aromatic rings. The molecule has 3 rings (SSSR count). The van der Waals surface area contributed by atoms with Gasteiger partial charge in [0.25, 0.3) is 5.91 Å². The normalized spacial score (nSPS) is 13.8. The second kappa shape index (κ2) is 5.65. The Morgan fingerprint density at radius 1 is 1.29 bits per heavy atom. The second-order valence-electron chi connectivity index (χ2n) is 4.83. The van der Waals surface area contributed by atoms with E-state index in [9.17, 15) is 9.18 Å². The van der Waals surface area contributed by atoms with Gasteiger partial charge in [-0.3, -0.25) is 4.79 Å². The van der Waals surface area contributed by atoms with Crippen molar-refractivity contribution in [2.24, 2.45) is 0 Å². The maximum atomic E-state index is 13.3. The topological polar surface area (TPSA) is 66.9 Å². The van der Waals surface area contributed by atoms with Crippen molar-refractivity contribution in [3.05, 3.63) is 47.0 Å². The molecule has 108 valence electrons. The van der Waals surface area contributed by atoms with Crippen LogP contribution < -0.4 is 10.6 Å². The zero-order valence-electron chi connectivity index (χ0n) is 10.9. The number of nitrogens with one attached hydrogen (secondary N) is 2. The number of amides is 1. The highest BCUT2D eigenvalue weighted by Gasteiger charge is 2.22. The summed E-state index contributed by atoms with van der Waals surface area (Å²) in [5.41, 5.74) is 1.37. The number of nitrogens with zero attached hydrogens (tertiary/aromatic N) is 2. The lowest BCUT2D eigenvalue weighted by atomic mass is 10.2. The minimum absolute atomic E-state index is 0.137. The molecule has 7 heteroatoms. The third-order valence-corrected chi connectivity index (χ3v) is 3.24. The molecule has 0 atom stereocenters. The van der Waals surface area contributed by atoms with E-state index in [1.54, 1.807) is 0 Å². The van der Waals surface area contributed by atoms with E-state index in [1.165, 1.54) is 30.5 Å². The van der Waals surface area contributed by atoms with Crippen molar-refractivity contribution in [2.45, 2.75) is 18.9 Å². The molecule has 0 bridgehead atoms. The second-order valence-corrected chi connectivity index (χ2v) is 5.22. The molecule has 0 saturated heterocycles. The van der Waals surface area contributed by atoms with E-state index in [0.717, 1.165) is 12.8 Å². The summed E-state index contributed by atoms with van der Waals surface area (Å²) >= 11 is 5.71. The third kappa shape index (κ3) is 3.46. The number of hydrogen-bond acceptors (Lipinski definition) is 4. The fourth-order valence-corrected chi connectivity index (χ4v) is 2.01. The standard InChI is InChI=1S/C14H12ClFN4O/c15-13-5-8(7-17-20-13)14(21)19-11-4-1-9(16)6-12(11)18-10-2-3-10/h1,4-7,10,18H,2-3H2,(H,19,21). The van der Waals surface area contributed by atoms with Crippen LogP contribution in [0.5, 0.6) is 0 Å². The van der Waals surface area contributed by atoms with E-state index >= 15 is 0 Å². The lowest BCUT2D eigenvalue weighted by Gasteiger charge is -2.12. The number of anilines is 2. The van der Waals surface area contributed by atoms with Crippen LogP contribution in [-0.4, -0.2) is 22.1 Å². The van der Waals surface area contributed by atoms with Gasteiger partial charge in [-0.2, -0.15) is 5.10 Å². The van der Waals surface area contributed by atoms with E-state index in [-0.39, 0.29) is 22.4 Å². The average Bonchev–Trinajstić information content (AvgIpc) is 3.26. The lowest BCUT2D eigenvalue weighted by Crippen LogP contribution is -2.15. The van der Waals surface area contributed by atoms with E-state index in [1.807, 2.05) is 0 Å². The smallest absolute Gasteiger partial charge is 0.257 e. The summed E-state index contributed by atoms with van der Waals surface area (Å²) < 4.78 is 13.3. The van der Waals surface area contributed by atoms with Crippen LogP contribution in [0.1, 0.15) is 23.2 Å². The number of benzene rings is 1. The summed E-state index contributed by atoms with van der Waals surface area (Å²) in [5.74, 6) is -0.734. The maximum Gasteiger partial charge on any atom is 0.257 e. The molecule has 1 saturated carbocycles. The van der Waals surface area contributed by atoms with Crippen molar-refractivity contribution in [1.82, 2.24) is 10.2 Å². The monoisotopic (exact) mass is 306 g/mol. The van der Waals surface area contributed by atoms with Gasteiger partial charge in [0.05, 0.1) is 23.1 Å². The number of halogens is 2. The molecule has 0 aliphatic heterocycles. The summed E-state index contributed by atoms with van der Waals surface area (Å²) in [4.78, 5) is 12.1. The Labute approximate surface area is 125 Å². The fourth-order valence-electron chi connectivity index (χ4n) is 1.85. The Hall–Kier alpha value is -2.21. The summed E-state index contributed by atoms with van der Waals surface area (Å²) in [7, 11) is 0. The summed E-state index contributed by atoms with van der Waals surface area (Å²) in [6.07, 6.45) is 3.42. The van der Waals surface area contributed by atoms with Crippen LogP contribution in [0, 0.1) is 5.82 Å². The summed E-state index contributed by atoms with van der Waals surface area (Å²) in [6.45, 7) is 0. The van der Waals surface area contributed by atoms with Crippen LogP contribution in [0.3, 0.4) is 0 Å². The molecular formula is C14H12ClFN4O. The van der Waals surface area contributed by atoms with Crippen LogP contribution >= 0.6 is 11.6 Å². The first-order valence-corrected chi connectivity index (χ1v) is 6.85.